The molecule has 0 unspecified atom stereocenters. The van der Waals surface area contributed by atoms with Crippen LogP contribution in [0.3, 0.4) is 0 Å². The van der Waals surface area contributed by atoms with Gasteiger partial charge in [-0.3, -0.25) is 9.58 Å². The van der Waals surface area contributed by atoms with Gasteiger partial charge in [0.05, 0.1) is 5.69 Å². The summed E-state index contributed by atoms with van der Waals surface area (Å²) in [5.41, 5.74) is 1.08. The third kappa shape index (κ3) is 4.37. The molecule has 0 spiro atoms. The van der Waals surface area contributed by atoms with Crippen molar-refractivity contribution < 1.29 is 0 Å². The predicted octanol–water partition coefficient (Wildman–Crippen LogP) is 0.698. The molecule has 0 atom stereocenters. The molecular weight excluding hydrogens is 328 g/mol. The molecule has 0 amide bonds. The largest absolute Gasteiger partial charge is 0.356 e. The second-order valence-corrected chi connectivity index (χ2v) is 7.35. The van der Waals surface area contributed by atoms with Gasteiger partial charge in [-0.25, -0.2) is 9.97 Å². The van der Waals surface area contributed by atoms with Gasteiger partial charge in [0, 0.05) is 64.8 Å². The SMILES string of the molecule is Cc1nccc(N2CCC(Cn3cc(CN4CCNCC4)nn3)CC2)n1. The van der Waals surface area contributed by atoms with Crippen molar-refractivity contribution >= 4 is 5.82 Å². The number of piperidine rings is 1. The second kappa shape index (κ2) is 8.09. The first-order valence-corrected chi connectivity index (χ1v) is 9.63. The predicted molar refractivity (Wildman–Crippen MR) is 99.9 cm³/mol. The van der Waals surface area contributed by atoms with Crippen LogP contribution in [-0.4, -0.2) is 69.1 Å². The summed E-state index contributed by atoms with van der Waals surface area (Å²) in [6, 6.07) is 2.01. The van der Waals surface area contributed by atoms with Gasteiger partial charge in [0.15, 0.2) is 0 Å². The van der Waals surface area contributed by atoms with Crippen molar-refractivity contribution in [2.45, 2.75) is 32.9 Å². The first kappa shape index (κ1) is 17.4. The zero-order valence-electron chi connectivity index (χ0n) is 15.5. The molecule has 0 aliphatic carbocycles. The van der Waals surface area contributed by atoms with Gasteiger partial charge in [0.25, 0.3) is 0 Å². The fourth-order valence-electron chi connectivity index (χ4n) is 3.83. The highest BCUT2D eigenvalue weighted by Crippen LogP contribution is 2.22. The lowest BCUT2D eigenvalue weighted by Gasteiger charge is -2.32. The van der Waals surface area contributed by atoms with Crippen molar-refractivity contribution in [3.63, 3.8) is 0 Å². The van der Waals surface area contributed by atoms with E-state index in [1.807, 2.05) is 23.9 Å². The minimum absolute atomic E-state index is 0.655. The van der Waals surface area contributed by atoms with Crippen LogP contribution < -0.4 is 10.2 Å². The Balaban J connectivity index is 1.26. The Labute approximate surface area is 154 Å². The molecule has 4 heterocycles. The van der Waals surface area contributed by atoms with Gasteiger partial charge < -0.3 is 10.2 Å². The maximum atomic E-state index is 4.54. The smallest absolute Gasteiger partial charge is 0.132 e. The summed E-state index contributed by atoms with van der Waals surface area (Å²) >= 11 is 0. The van der Waals surface area contributed by atoms with Gasteiger partial charge in [-0.1, -0.05) is 5.21 Å². The maximum Gasteiger partial charge on any atom is 0.132 e. The zero-order valence-corrected chi connectivity index (χ0v) is 15.5. The number of nitrogens with one attached hydrogen (secondary N) is 1. The molecular formula is C18H28N8. The number of aromatic nitrogens is 5. The van der Waals surface area contributed by atoms with Crippen LogP contribution in [0.15, 0.2) is 18.5 Å². The molecule has 2 saturated heterocycles. The van der Waals surface area contributed by atoms with Crippen LogP contribution in [-0.2, 0) is 13.1 Å². The van der Waals surface area contributed by atoms with Crippen molar-refractivity contribution in [1.82, 2.24) is 35.2 Å². The quantitative estimate of drug-likeness (QED) is 0.845. The van der Waals surface area contributed by atoms with Crippen LogP contribution in [0.4, 0.5) is 5.82 Å². The standard InChI is InChI=1S/C18H28N8/c1-15-20-5-2-18(21-15)25-8-3-16(4-9-25)12-26-14-17(22-23-26)13-24-10-6-19-7-11-24/h2,5,14,16,19H,3-4,6-13H2,1H3. The molecule has 2 aromatic heterocycles. The molecule has 26 heavy (non-hydrogen) atoms. The summed E-state index contributed by atoms with van der Waals surface area (Å²) in [6.07, 6.45) is 6.30. The molecule has 8 nitrogen and oxygen atoms in total. The number of piperazine rings is 1. The molecule has 1 N–H and O–H groups in total. The van der Waals surface area contributed by atoms with Crippen LogP contribution in [0.5, 0.6) is 0 Å². The Morgan fingerprint density at radius 1 is 1.15 bits per heavy atom. The first-order chi connectivity index (χ1) is 12.8. The Bertz CT molecular complexity index is 701. The molecule has 140 valence electrons. The summed E-state index contributed by atoms with van der Waals surface area (Å²) in [5.74, 6) is 2.54. The molecule has 2 fully saturated rings. The topological polar surface area (TPSA) is 75.0 Å². The highest BCUT2D eigenvalue weighted by molar-refractivity contribution is 5.37. The average Bonchev–Trinajstić information content (AvgIpc) is 3.10. The van der Waals surface area contributed by atoms with Gasteiger partial charge in [-0.05, 0) is 31.7 Å². The van der Waals surface area contributed by atoms with Gasteiger partial charge in [-0.15, -0.1) is 5.10 Å². The molecule has 8 heteroatoms. The molecule has 2 aliphatic rings. The fraction of sp³-hybridized carbons (Fsp3) is 0.667. The summed E-state index contributed by atoms with van der Waals surface area (Å²) < 4.78 is 2.03. The van der Waals surface area contributed by atoms with E-state index in [4.69, 9.17) is 0 Å². The number of nitrogens with zero attached hydrogens (tertiary/aromatic N) is 7. The Hall–Kier alpha value is -2.06. The first-order valence-electron chi connectivity index (χ1n) is 9.63. The molecule has 0 saturated carbocycles. The normalized spacial score (nSPS) is 19.8. The van der Waals surface area contributed by atoms with Crippen molar-refractivity contribution in [1.29, 1.82) is 0 Å². The molecule has 4 rings (SSSR count). The lowest BCUT2D eigenvalue weighted by molar-refractivity contribution is 0.230. The van der Waals surface area contributed by atoms with Gasteiger partial charge in [0.1, 0.15) is 11.6 Å². The Morgan fingerprint density at radius 2 is 1.96 bits per heavy atom. The molecule has 0 bridgehead atoms. The molecule has 2 aliphatic heterocycles. The van der Waals surface area contributed by atoms with Crippen LogP contribution in [0.2, 0.25) is 0 Å². The van der Waals surface area contributed by atoms with Crippen molar-refractivity contribution in [2.24, 2.45) is 5.92 Å². The van der Waals surface area contributed by atoms with Crippen molar-refractivity contribution in [3.05, 3.63) is 30.0 Å². The van der Waals surface area contributed by atoms with Crippen LogP contribution in [0, 0.1) is 12.8 Å². The number of hydrogen-bond acceptors (Lipinski definition) is 7. The third-order valence-electron chi connectivity index (χ3n) is 5.33. The van der Waals surface area contributed by atoms with Crippen LogP contribution in [0.1, 0.15) is 24.4 Å². The molecule has 0 radical (unpaired) electrons. The van der Waals surface area contributed by atoms with Crippen molar-refractivity contribution in [3.8, 4) is 0 Å². The van der Waals surface area contributed by atoms with E-state index in [1.54, 1.807) is 0 Å². The van der Waals surface area contributed by atoms with E-state index in [2.05, 4.69) is 41.6 Å². The molecule has 2 aromatic rings. The lowest BCUT2D eigenvalue weighted by Crippen LogP contribution is -2.42. The summed E-state index contributed by atoms with van der Waals surface area (Å²) in [6.45, 7) is 10.2. The number of anilines is 1. The average molecular weight is 356 g/mol. The third-order valence-corrected chi connectivity index (χ3v) is 5.33. The van der Waals surface area contributed by atoms with Gasteiger partial charge in [0.2, 0.25) is 0 Å². The van der Waals surface area contributed by atoms with E-state index in [0.717, 1.165) is 82.5 Å². The van der Waals surface area contributed by atoms with Gasteiger partial charge >= 0.3 is 0 Å². The van der Waals surface area contributed by atoms with Gasteiger partial charge in [-0.2, -0.15) is 0 Å². The van der Waals surface area contributed by atoms with E-state index in [9.17, 15) is 0 Å². The van der Waals surface area contributed by atoms with E-state index in [0.29, 0.717) is 5.92 Å². The highest BCUT2D eigenvalue weighted by Gasteiger charge is 2.21. The van der Waals surface area contributed by atoms with Crippen LogP contribution >= 0.6 is 0 Å². The molecule has 0 aromatic carbocycles. The Morgan fingerprint density at radius 3 is 2.73 bits per heavy atom. The van der Waals surface area contributed by atoms with E-state index < -0.39 is 0 Å². The maximum absolute atomic E-state index is 4.54. The zero-order chi connectivity index (χ0) is 17.8. The van der Waals surface area contributed by atoms with E-state index >= 15 is 0 Å². The summed E-state index contributed by atoms with van der Waals surface area (Å²) in [4.78, 5) is 13.5. The van der Waals surface area contributed by atoms with E-state index in [-0.39, 0.29) is 0 Å². The monoisotopic (exact) mass is 356 g/mol. The van der Waals surface area contributed by atoms with Crippen molar-refractivity contribution in [2.75, 3.05) is 44.2 Å². The minimum Gasteiger partial charge on any atom is -0.356 e. The van der Waals surface area contributed by atoms with E-state index in [1.165, 1.54) is 0 Å². The summed E-state index contributed by atoms with van der Waals surface area (Å²) in [7, 11) is 0. The number of hydrogen-bond donors (Lipinski definition) is 1. The second-order valence-electron chi connectivity index (χ2n) is 7.35. The summed E-state index contributed by atoms with van der Waals surface area (Å²) in [5, 5.41) is 12.1. The minimum atomic E-state index is 0.655. The fourth-order valence-corrected chi connectivity index (χ4v) is 3.83. The number of rotatable bonds is 5. The van der Waals surface area contributed by atoms with Crippen LogP contribution in [0.25, 0.3) is 0 Å². The highest BCUT2D eigenvalue weighted by atomic mass is 15.4. The number of aryl methyl sites for hydroxylation is 1. The lowest BCUT2D eigenvalue weighted by atomic mass is 9.97. The Kier molecular flexibility index (Phi) is 5.40.